The van der Waals surface area contributed by atoms with E-state index in [-0.39, 0.29) is 41.9 Å². The molecule has 2 fully saturated rings. The van der Waals surface area contributed by atoms with Gasteiger partial charge < -0.3 is 24.8 Å². The summed E-state index contributed by atoms with van der Waals surface area (Å²) in [6, 6.07) is 7.19. The van der Waals surface area contributed by atoms with Gasteiger partial charge in [-0.2, -0.15) is 0 Å². The zero-order chi connectivity index (χ0) is 16.8. The fourth-order valence-corrected chi connectivity index (χ4v) is 3.18. The van der Waals surface area contributed by atoms with Crippen molar-refractivity contribution in [3.63, 3.8) is 0 Å². The number of morpholine rings is 1. The van der Waals surface area contributed by atoms with E-state index in [2.05, 4.69) is 17.1 Å². The predicted octanol–water partition coefficient (Wildman–Crippen LogP) is 2.36. The number of nitrogens with one attached hydrogen (secondary N) is 1. The van der Waals surface area contributed by atoms with Gasteiger partial charge in [0.05, 0.1) is 19.3 Å². The van der Waals surface area contributed by atoms with E-state index >= 15 is 0 Å². The highest BCUT2D eigenvalue weighted by Gasteiger charge is 2.32. The van der Waals surface area contributed by atoms with E-state index in [1.165, 1.54) is 0 Å². The first-order valence-electron chi connectivity index (χ1n) is 8.80. The first-order chi connectivity index (χ1) is 11.8. The van der Waals surface area contributed by atoms with Crippen LogP contribution in [-0.2, 0) is 16.0 Å². The average Bonchev–Trinajstić information content (AvgIpc) is 3.15. The monoisotopic (exact) mass is 461 g/mol. The van der Waals surface area contributed by atoms with Crippen LogP contribution in [-0.4, -0.2) is 61.0 Å². The summed E-state index contributed by atoms with van der Waals surface area (Å²) in [6.45, 7) is 6.69. The lowest BCUT2D eigenvalue weighted by Gasteiger charge is -2.37. The summed E-state index contributed by atoms with van der Waals surface area (Å²) < 4.78 is 11.7. The zero-order valence-electron chi connectivity index (χ0n) is 14.7. The summed E-state index contributed by atoms with van der Waals surface area (Å²) in [5.41, 5.74) is 1.08. The van der Waals surface area contributed by atoms with Crippen molar-refractivity contribution in [3.8, 4) is 5.75 Å². The highest BCUT2D eigenvalue weighted by atomic mass is 127. The zero-order valence-corrected chi connectivity index (χ0v) is 17.0. The van der Waals surface area contributed by atoms with Gasteiger partial charge in [-0.15, -0.1) is 24.0 Å². The molecule has 2 aliphatic rings. The minimum absolute atomic E-state index is 0. The third-order valence-electron chi connectivity index (χ3n) is 4.46. The van der Waals surface area contributed by atoms with Crippen LogP contribution >= 0.6 is 24.0 Å². The standard InChI is InChI=1S/C18H27N3O3.HI/c1-2-19-18(20-12-14-5-7-15(22)8-6-14)21-9-11-24-17(13-21)16-4-3-10-23-16;/h5-8,16-17,22H,2-4,9-13H2,1H3,(H,19,20);1H. The first kappa shape index (κ1) is 20.3. The number of phenols is 1. The van der Waals surface area contributed by atoms with Crippen LogP contribution in [0.25, 0.3) is 0 Å². The Morgan fingerprint density at radius 1 is 1.24 bits per heavy atom. The molecule has 140 valence electrons. The number of hydrogen-bond acceptors (Lipinski definition) is 4. The highest BCUT2D eigenvalue weighted by Crippen LogP contribution is 2.21. The van der Waals surface area contributed by atoms with Crippen molar-refractivity contribution in [2.45, 2.75) is 38.5 Å². The van der Waals surface area contributed by atoms with Crippen LogP contribution in [0.3, 0.4) is 0 Å². The van der Waals surface area contributed by atoms with Gasteiger partial charge >= 0.3 is 0 Å². The number of nitrogens with zero attached hydrogens (tertiary/aromatic N) is 2. The highest BCUT2D eigenvalue weighted by molar-refractivity contribution is 14.0. The molecule has 25 heavy (non-hydrogen) atoms. The van der Waals surface area contributed by atoms with Crippen molar-refractivity contribution in [1.29, 1.82) is 0 Å². The normalized spacial score (nSPS) is 24.0. The Labute approximate surface area is 166 Å². The van der Waals surface area contributed by atoms with E-state index in [9.17, 15) is 5.11 Å². The van der Waals surface area contributed by atoms with Crippen LogP contribution in [0, 0.1) is 0 Å². The predicted molar refractivity (Wildman–Crippen MR) is 109 cm³/mol. The maximum absolute atomic E-state index is 9.37. The van der Waals surface area contributed by atoms with E-state index in [1.54, 1.807) is 12.1 Å². The summed E-state index contributed by atoms with van der Waals surface area (Å²) in [4.78, 5) is 7.02. The third kappa shape index (κ3) is 5.72. The van der Waals surface area contributed by atoms with Crippen LogP contribution < -0.4 is 5.32 Å². The van der Waals surface area contributed by atoms with Gasteiger partial charge in [0.2, 0.25) is 0 Å². The van der Waals surface area contributed by atoms with Crippen LogP contribution in [0.2, 0.25) is 0 Å². The molecular weight excluding hydrogens is 433 g/mol. The summed E-state index contributed by atoms with van der Waals surface area (Å²) in [5, 5.41) is 12.7. The summed E-state index contributed by atoms with van der Waals surface area (Å²) in [6.07, 6.45) is 2.55. The lowest BCUT2D eigenvalue weighted by molar-refractivity contribution is -0.0817. The molecule has 0 bridgehead atoms. The van der Waals surface area contributed by atoms with Crippen LogP contribution in [0.1, 0.15) is 25.3 Å². The molecule has 2 aliphatic heterocycles. The minimum atomic E-state index is 0. The maximum atomic E-state index is 9.37. The lowest BCUT2D eigenvalue weighted by atomic mass is 10.1. The molecule has 3 rings (SSSR count). The molecule has 0 radical (unpaired) electrons. The molecule has 0 saturated carbocycles. The number of guanidine groups is 1. The Balaban J connectivity index is 0.00000225. The van der Waals surface area contributed by atoms with E-state index < -0.39 is 0 Å². The Morgan fingerprint density at radius 2 is 2.00 bits per heavy atom. The van der Waals surface area contributed by atoms with Crippen molar-refractivity contribution in [1.82, 2.24) is 10.2 Å². The number of halogens is 1. The van der Waals surface area contributed by atoms with E-state index in [1.807, 2.05) is 12.1 Å². The molecule has 6 nitrogen and oxygen atoms in total. The number of hydrogen-bond donors (Lipinski definition) is 2. The van der Waals surface area contributed by atoms with Crippen LogP contribution in [0.5, 0.6) is 5.75 Å². The Bertz CT molecular complexity index is 547. The van der Waals surface area contributed by atoms with Crippen molar-refractivity contribution in [2.24, 2.45) is 4.99 Å². The van der Waals surface area contributed by atoms with Crippen molar-refractivity contribution >= 4 is 29.9 Å². The van der Waals surface area contributed by atoms with Gasteiger partial charge in [-0.05, 0) is 37.5 Å². The smallest absolute Gasteiger partial charge is 0.194 e. The average molecular weight is 461 g/mol. The van der Waals surface area contributed by atoms with Crippen molar-refractivity contribution < 1.29 is 14.6 Å². The molecule has 0 aliphatic carbocycles. The fraction of sp³-hybridized carbons (Fsp3) is 0.611. The third-order valence-corrected chi connectivity index (χ3v) is 4.46. The molecule has 7 heteroatoms. The molecule has 1 aromatic rings. The van der Waals surface area contributed by atoms with E-state index in [4.69, 9.17) is 14.5 Å². The second-order valence-corrected chi connectivity index (χ2v) is 6.24. The second-order valence-electron chi connectivity index (χ2n) is 6.24. The fourth-order valence-electron chi connectivity index (χ4n) is 3.18. The topological polar surface area (TPSA) is 66.3 Å². The number of phenolic OH excluding ortho intramolecular Hbond substituents is 1. The minimum Gasteiger partial charge on any atom is -0.508 e. The van der Waals surface area contributed by atoms with Crippen LogP contribution in [0.4, 0.5) is 0 Å². The Hall–Kier alpha value is -1.06. The van der Waals surface area contributed by atoms with E-state index in [0.29, 0.717) is 13.2 Å². The summed E-state index contributed by atoms with van der Waals surface area (Å²) in [5.74, 6) is 1.19. The molecule has 0 spiro atoms. The van der Waals surface area contributed by atoms with Gasteiger partial charge in [0.1, 0.15) is 11.9 Å². The lowest BCUT2D eigenvalue weighted by Crippen LogP contribution is -2.53. The Kier molecular flexibility index (Phi) is 8.25. The molecule has 2 unspecified atom stereocenters. The molecular formula is C18H28IN3O3. The quantitative estimate of drug-likeness (QED) is 0.410. The molecule has 1 aromatic carbocycles. The van der Waals surface area contributed by atoms with Gasteiger partial charge in [-0.25, -0.2) is 4.99 Å². The maximum Gasteiger partial charge on any atom is 0.194 e. The van der Waals surface area contributed by atoms with E-state index in [0.717, 1.165) is 50.6 Å². The summed E-state index contributed by atoms with van der Waals surface area (Å²) in [7, 11) is 0. The Morgan fingerprint density at radius 3 is 2.68 bits per heavy atom. The molecule has 2 saturated heterocycles. The number of aliphatic imine (C=N–C) groups is 1. The summed E-state index contributed by atoms with van der Waals surface area (Å²) >= 11 is 0. The number of benzene rings is 1. The molecule has 0 amide bonds. The van der Waals surface area contributed by atoms with Gasteiger partial charge in [0, 0.05) is 26.2 Å². The van der Waals surface area contributed by atoms with Gasteiger partial charge in [0.15, 0.2) is 5.96 Å². The largest absolute Gasteiger partial charge is 0.508 e. The molecule has 0 aromatic heterocycles. The number of rotatable bonds is 4. The van der Waals surface area contributed by atoms with Gasteiger partial charge in [-0.1, -0.05) is 12.1 Å². The molecule has 2 atom stereocenters. The van der Waals surface area contributed by atoms with Crippen molar-refractivity contribution in [2.75, 3.05) is 32.8 Å². The number of ether oxygens (including phenoxy) is 2. The molecule has 2 heterocycles. The first-order valence-corrected chi connectivity index (χ1v) is 8.80. The van der Waals surface area contributed by atoms with Crippen LogP contribution in [0.15, 0.2) is 29.3 Å². The van der Waals surface area contributed by atoms with Gasteiger partial charge in [-0.3, -0.25) is 0 Å². The molecule has 2 N–H and O–H groups in total. The number of aromatic hydroxyl groups is 1. The SMILES string of the molecule is CCNC(=NCc1ccc(O)cc1)N1CCOC(C2CCCO2)C1.I. The second kappa shape index (κ2) is 10.2. The van der Waals surface area contributed by atoms with Gasteiger partial charge in [0.25, 0.3) is 0 Å². The van der Waals surface area contributed by atoms with Crippen molar-refractivity contribution in [3.05, 3.63) is 29.8 Å².